The van der Waals surface area contributed by atoms with E-state index in [0.717, 1.165) is 21.3 Å². The molecule has 0 atom stereocenters. The molecular weight excluding hydrogens is 326 g/mol. The lowest BCUT2D eigenvalue weighted by atomic mass is 9.94. The first kappa shape index (κ1) is 14.6. The maximum absolute atomic E-state index is 10.9. The third-order valence-electron chi connectivity index (χ3n) is 2.90. The highest BCUT2D eigenvalue weighted by Crippen LogP contribution is 2.38. The van der Waals surface area contributed by atoms with E-state index in [2.05, 4.69) is 21.1 Å². The number of hydrogen-bond donors (Lipinski definition) is 1. The first-order valence-electron chi connectivity index (χ1n) is 6.01. The summed E-state index contributed by atoms with van der Waals surface area (Å²) >= 11 is 3.42. The van der Waals surface area contributed by atoms with Crippen molar-refractivity contribution in [2.45, 2.75) is 19.8 Å². The molecule has 0 radical (unpaired) electrons. The van der Waals surface area contributed by atoms with Crippen LogP contribution in [0.2, 0.25) is 0 Å². The Morgan fingerprint density at radius 3 is 2.60 bits per heavy atom. The van der Waals surface area contributed by atoms with Crippen molar-refractivity contribution in [2.24, 2.45) is 0 Å². The molecule has 0 saturated carbocycles. The van der Waals surface area contributed by atoms with Crippen molar-refractivity contribution < 1.29 is 19.2 Å². The lowest BCUT2D eigenvalue weighted by Gasteiger charge is -2.16. The Morgan fingerprint density at radius 1 is 1.40 bits per heavy atom. The van der Waals surface area contributed by atoms with Crippen LogP contribution in [-0.4, -0.2) is 23.3 Å². The molecule has 6 heteroatoms. The van der Waals surface area contributed by atoms with Crippen molar-refractivity contribution in [1.82, 2.24) is 5.16 Å². The molecule has 0 saturated heterocycles. The van der Waals surface area contributed by atoms with Crippen molar-refractivity contribution in [3.63, 3.8) is 0 Å². The number of aromatic carboxylic acids is 1. The van der Waals surface area contributed by atoms with Crippen LogP contribution in [0.3, 0.4) is 0 Å². The average Bonchev–Trinajstić information content (AvgIpc) is 2.86. The standard InChI is InChI=1S/C14H14BrNO4/c1-7(2)13-9(4-8(15)5-11(13)19-3)10-6-12(14(17)18)20-16-10/h4-7H,1-3H3,(H,17,18). The van der Waals surface area contributed by atoms with Crippen LogP contribution in [0.15, 0.2) is 27.2 Å². The maximum Gasteiger partial charge on any atom is 0.374 e. The number of benzene rings is 1. The molecule has 0 spiro atoms. The van der Waals surface area contributed by atoms with Crippen LogP contribution >= 0.6 is 15.9 Å². The van der Waals surface area contributed by atoms with E-state index in [1.807, 2.05) is 26.0 Å². The van der Waals surface area contributed by atoms with Gasteiger partial charge in [0.15, 0.2) is 0 Å². The zero-order valence-electron chi connectivity index (χ0n) is 11.3. The fourth-order valence-corrected chi connectivity index (χ4v) is 2.51. The largest absolute Gasteiger partial charge is 0.496 e. The smallest absolute Gasteiger partial charge is 0.374 e. The fourth-order valence-electron chi connectivity index (χ4n) is 2.07. The van der Waals surface area contributed by atoms with Crippen LogP contribution in [0, 0.1) is 0 Å². The molecule has 0 aliphatic heterocycles. The Hall–Kier alpha value is -1.82. The molecule has 1 aromatic carbocycles. The average molecular weight is 340 g/mol. The van der Waals surface area contributed by atoms with Gasteiger partial charge in [0.05, 0.1) is 7.11 Å². The van der Waals surface area contributed by atoms with Gasteiger partial charge in [0.2, 0.25) is 5.76 Å². The van der Waals surface area contributed by atoms with Crippen LogP contribution in [0.4, 0.5) is 0 Å². The number of halogens is 1. The molecule has 1 N–H and O–H groups in total. The number of rotatable bonds is 4. The van der Waals surface area contributed by atoms with Gasteiger partial charge in [0, 0.05) is 21.7 Å². The number of ether oxygens (including phenoxy) is 1. The highest BCUT2D eigenvalue weighted by molar-refractivity contribution is 9.10. The van der Waals surface area contributed by atoms with Crippen molar-refractivity contribution >= 4 is 21.9 Å². The molecule has 2 rings (SSSR count). The van der Waals surface area contributed by atoms with Gasteiger partial charge in [0.25, 0.3) is 0 Å². The van der Waals surface area contributed by atoms with E-state index in [1.165, 1.54) is 6.07 Å². The van der Waals surface area contributed by atoms with Crippen LogP contribution in [0.1, 0.15) is 35.9 Å². The molecule has 20 heavy (non-hydrogen) atoms. The zero-order valence-corrected chi connectivity index (χ0v) is 12.9. The van der Waals surface area contributed by atoms with E-state index in [4.69, 9.17) is 14.4 Å². The van der Waals surface area contributed by atoms with Gasteiger partial charge in [-0.05, 0) is 18.1 Å². The second-order valence-electron chi connectivity index (χ2n) is 4.61. The Morgan fingerprint density at radius 2 is 2.10 bits per heavy atom. The summed E-state index contributed by atoms with van der Waals surface area (Å²) < 4.78 is 11.0. The van der Waals surface area contributed by atoms with Gasteiger partial charge in [0.1, 0.15) is 11.4 Å². The number of methoxy groups -OCH3 is 1. The van der Waals surface area contributed by atoms with E-state index in [9.17, 15) is 4.79 Å². The molecule has 0 fully saturated rings. The Bertz CT molecular complexity index is 649. The minimum atomic E-state index is -1.14. The van der Waals surface area contributed by atoms with Gasteiger partial charge in [-0.1, -0.05) is 34.9 Å². The normalized spacial score (nSPS) is 10.8. The molecule has 5 nitrogen and oxygen atoms in total. The molecular formula is C14H14BrNO4. The summed E-state index contributed by atoms with van der Waals surface area (Å²) in [5.41, 5.74) is 2.23. The molecule has 0 aliphatic rings. The monoisotopic (exact) mass is 339 g/mol. The third kappa shape index (κ3) is 2.70. The van der Waals surface area contributed by atoms with Gasteiger partial charge in [-0.25, -0.2) is 4.79 Å². The quantitative estimate of drug-likeness (QED) is 0.913. The minimum Gasteiger partial charge on any atom is -0.496 e. The number of carboxylic acids is 1. The van der Waals surface area contributed by atoms with Crippen LogP contribution in [0.5, 0.6) is 5.75 Å². The van der Waals surface area contributed by atoms with Gasteiger partial charge in [-0.2, -0.15) is 0 Å². The van der Waals surface area contributed by atoms with E-state index in [1.54, 1.807) is 7.11 Å². The first-order valence-corrected chi connectivity index (χ1v) is 6.81. The van der Waals surface area contributed by atoms with Crippen molar-refractivity contribution in [3.8, 4) is 17.0 Å². The number of hydrogen-bond acceptors (Lipinski definition) is 4. The third-order valence-corrected chi connectivity index (χ3v) is 3.36. The molecule has 0 amide bonds. The van der Waals surface area contributed by atoms with Gasteiger partial charge < -0.3 is 14.4 Å². The molecule has 106 valence electrons. The summed E-state index contributed by atoms with van der Waals surface area (Å²) in [6.07, 6.45) is 0. The zero-order chi connectivity index (χ0) is 14.9. The van der Waals surface area contributed by atoms with Gasteiger partial charge in [-0.15, -0.1) is 0 Å². The Balaban J connectivity index is 2.64. The lowest BCUT2D eigenvalue weighted by Crippen LogP contribution is -1.98. The van der Waals surface area contributed by atoms with Crippen molar-refractivity contribution in [3.05, 3.63) is 34.0 Å². The number of carboxylic acid groups (broad SMARTS) is 1. The number of aromatic nitrogens is 1. The molecule has 1 aromatic heterocycles. The lowest BCUT2D eigenvalue weighted by molar-refractivity contribution is 0.0652. The highest BCUT2D eigenvalue weighted by Gasteiger charge is 2.20. The summed E-state index contributed by atoms with van der Waals surface area (Å²) in [7, 11) is 1.60. The Labute approximate surface area is 124 Å². The summed E-state index contributed by atoms with van der Waals surface area (Å²) in [5, 5.41) is 12.7. The van der Waals surface area contributed by atoms with Crippen LogP contribution in [-0.2, 0) is 0 Å². The Kier molecular flexibility index (Phi) is 4.13. The molecule has 1 heterocycles. The summed E-state index contributed by atoms with van der Waals surface area (Å²) in [6, 6.07) is 5.16. The predicted molar refractivity (Wildman–Crippen MR) is 77.2 cm³/mol. The SMILES string of the molecule is COc1cc(Br)cc(-c2cc(C(=O)O)on2)c1C(C)C. The fraction of sp³-hybridized carbons (Fsp3) is 0.286. The van der Waals surface area contributed by atoms with Crippen LogP contribution < -0.4 is 4.74 Å². The van der Waals surface area contributed by atoms with Crippen molar-refractivity contribution in [1.29, 1.82) is 0 Å². The van der Waals surface area contributed by atoms with Gasteiger partial charge >= 0.3 is 5.97 Å². The van der Waals surface area contributed by atoms with E-state index >= 15 is 0 Å². The van der Waals surface area contributed by atoms with E-state index < -0.39 is 5.97 Å². The van der Waals surface area contributed by atoms with Crippen molar-refractivity contribution in [2.75, 3.05) is 7.11 Å². The molecule has 0 aliphatic carbocycles. The topological polar surface area (TPSA) is 72.6 Å². The van der Waals surface area contributed by atoms with E-state index in [-0.39, 0.29) is 11.7 Å². The summed E-state index contributed by atoms with van der Waals surface area (Å²) in [4.78, 5) is 10.9. The number of carbonyl (C=O) groups is 1. The summed E-state index contributed by atoms with van der Waals surface area (Å²) in [6.45, 7) is 4.07. The number of nitrogens with zero attached hydrogens (tertiary/aromatic N) is 1. The molecule has 0 unspecified atom stereocenters. The minimum absolute atomic E-state index is 0.186. The second-order valence-corrected chi connectivity index (χ2v) is 5.52. The first-order chi connectivity index (χ1) is 9.43. The second kappa shape index (κ2) is 5.66. The predicted octanol–water partition coefficient (Wildman–Crippen LogP) is 3.93. The highest BCUT2D eigenvalue weighted by atomic mass is 79.9. The maximum atomic E-state index is 10.9. The van der Waals surface area contributed by atoms with Gasteiger partial charge in [-0.3, -0.25) is 0 Å². The van der Waals surface area contributed by atoms with E-state index in [0.29, 0.717) is 5.69 Å². The molecule has 2 aromatic rings. The van der Waals surface area contributed by atoms with Crippen LogP contribution in [0.25, 0.3) is 11.3 Å². The molecule has 0 bridgehead atoms. The summed E-state index contributed by atoms with van der Waals surface area (Å²) in [5.74, 6) is -0.410.